The summed E-state index contributed by atoms with van der Waals surface area (Å²) < 4.78 is 7.51. The van der Waals surface area contributed by atoms with E-state index in [2.05, 4.69) is 21.2 Å². The molecule has 0 bridgehead atoms. The summed E-state index contributed by atoms with van der Waals surface area (Å²) in [6.07, 6.45) is 2.96. The van der Waals surface area contributed by atoms with Gasteiger partial charge in [0.15, 0.2) is 0 Å². The molecule has 0 saturated carbocycles. The number of amides is 2. The number of rotatable bonds is 6. The standard InChI is InChI=1S/C21H24BrN3O4/c1-2-29-18-6-3-15(4-7-18)21(28)24-11-9-17(10-12-24)23-19(26)14-25-13-16(22)5-8-20(25)27/h3-8,13,17H,2,9-12,14H2,1H3,(H,23,26). The van der Waals surface area contributed by atoms with Gasteiger partial charge in [-0.1, -0.05) is 0 Å². The van der Waals surface area contributed by atoms with E-state index in [1.807, 2.05) is 6.92 Å². The second-order valence-electron chi connectivity index (χ2n) is 6.90. The molecule has 154 valence electrons. The summed E-state index contributed by atoms with van der Waals surface area (Å²) in [5, 5.41) is 2.97. The van der Waals surface area contributed by atoms with Crippen molar-refractivity contribution in [2.24, 2.45) is 0 Å². The van der Waals surface area contributed by atoms with Gasteiger partial charge in [0.2, 0.25) is 5.91 Å². The van der Waals surface area contributed by atoms with Gasteiger partial charge < -0.3 is 19.5 Å². The Balaban J connectivity index is 1.49. The van der Waals surface area contributed by atoms with Crippen molar-refractivity contribution in [3.63, 3.8) is 0 Å². The van der Waals surface area contributed by atoms with E-state index < -0.39 is 0 Å². The quantitative estimate of drug-likeness (QED) is 0.715. The lowest BCUT2D eigenvalue weighted by molar-refractivity contribution is -0.122. The Morgan fingerprint density at radius 2 is 1.83 bits per heavy atom. The fourth-order valence-electron chi connectivity index (χ4n) is 3.32. The Kier molecular flexibility index (Phi) is 7.09. The molecule has 2 heterocycles. The zero-order chi connectivity index (χ0) is 20.8. The molecule has 2 amide bonds. The first-order valence-corrected chi connectivity index (χ1v) is 10.4. The predicted molar refractivity (Wildman–Crippen MR) is 113 cm³/mol. The van der Waals surface area contributed by atoms with Crippen LogP contribution in [0, 0.1) is 0 Å². The Labute approximate surface area is 177 Å². The molecular formula is C21H24BrN3O4. The fraction of sp³-hybridized carbons (Fsp3) is 0.381. The van der Waals surface area contributed by atoms with Gasteiger partial charge in [-0.05, 0) is 66.0 Å². The maximum Gasteiger partial charge on any atom is 0.253 e. The van der Waals surface area contributed by atoms with E-state index in [-0.39, 0.29) is 30.0 Å². The van der Waals surface area contributed by atoms with Crippen molar-refractivity contribution in [3.8, 4) is 5.75 Å². The molecule has 3 rings (SSSR count). The number of carbonyl (C=O) groups is 2. The SMILES string of the molecule is CCOc1ccc(C(=O)N2CCC(NC(=O)Cn3cc(Br)ccc3=O)CC2)cc1. The van der Waals surface area contributed by atoms with E-state index in [0.717, 1.165) is 10.2 Å². The number of nitrogens with one attached hydrogen (secondary N) is 1. The molecule has 1 fully saturated rings. The van der Waals surface area contributed by atoms with E-state index in [1.54, 1.807) is 41.4 Å². The van der Waals surface area contributed by atoms with Crippen LogP contribution in [0.5, 0.6) is 5.75 Å². The van der Waals surface area contributed by atoms with E-state index in [1.165, 1.54) is 10.6 Å². The number of hydrogen-bond acceptors (Lipinski definition) is 4. The second kappa shape index (κ2) is 9.73. The average Bonchev–Trinajstić information content (AvgIpc) is 2.71. The number of halogens is 1. The lowest BCUT2D eigenvalue weighted by atomic mass is 10.0. The Morgan fingerprint density at radius 1 is 1.14 bits per heavy atom. The summed E-state index contributed by atoms with van der Waals surface area (Å²) in [6.45, 7) is 3.63. The van der Waals surface area contributed by atoms with Crippen molar-refractivity contribution in [2.75, 3.05) is 19.7 Å². The van der Waals surface area contributed by atoms with Crippen LogP contribution in [0.3, 0.4) is 0 Å². The molecule has 2 aromatic rings. The van der Waals surface area contributed by atoms with E-state index in [0.29, 0.717) is 38.1 Å². The molecule has 0 spiro atoms. The van der Waals surface area contributed by atoms with Crippen molar-refractivity contribution in [2.45, 2.75) is 32.4 Å². The van der Waals surface area contributed by atoms with Gasteiger partial charge in [0.05, 0.1) is 6.61 Å². The van der Waals surface area contributed by atoms with Gasteiger partial charge in [0.1, 0.15) is 12.3 Å². The maximum absolute atomic E-state index is 12.7. The van der Waals surface area contributed by atoms with Crippen molar-refractivity contribution in [3.05, 3.63) is 63.0 Å². The minimum absolute atomic E-state index is 0.00487. The van der Waals surface area contributed by atoms with Crippen molar-refractivity contribution in [1.82, 2.24) is 14.8 Å². The number of aromatic nitrogens is 1. The molecule has 1 saturated heterocycles. The van der Waals surface area contributed by atoms with Crippen LogP contribution in [-0.4, -0.2) is 47.0 Å². The Bertz CT molecular complexity index is 918. The van der Waals surface area contributed by atoms with Crippen LogP contribution in [0.25, 0.3) is 0 Å². The van der Waals surface area contributed by atoms with Crippen molar-refractivity contribution in [1.29, 1.82) is 0 Å². The number of benzene rings is 1. The molecule has 0 radical (unpaired) electrons. The van der Waals surface area contributed by atoms with E-state index >= 15 is 0 Å². The summed E-state index contributed by atoms with van der Waals surface area (Å²) >= 11 is 3.30. The van der Waals surface area contributed by atoms with Crippen LogP contribution in [0.15, 0.2) is 51.9 Å². The van der Waals surface area contributed by atoms with Crippen molar-refractivity contribution >= 4 is 27.7 Å². The topological polar surface area (TPSA) is 80.6 Å². The van der Waals surface area contributed by atoms with Gasteiger partial charge in [-0.15, -0.1) is 0 Å². The highest BCUT2D eigenvalue weighted by Crippen LogP contribution is 2.17. The van der Waals surface area contributed by atoms with E-state index in [4.69, 9.17) is 4.74 Å². The lowest BCUT2D eigenvalue weighted by Gasteiger charge is -2.32. The van der Waals surface area contributed by atoms with Gasteiger partial charge >= 0.3 is 0 Å². The summed E-state index contributed by atoms with van der Waals surface area (Å²) in [7, 11) is 0. The van der Waals surface area contributed by atoms with Crippen LogP contribution in [0.4, 0.5) is 0 Å². The number of nitrogens with zero attached hydrogens (tertiary/aromatic N) is 2. The van der Waals surface area contributed by atoms with Gasteiger partial charge in [-0.25, -0.2) is 0 Å². The first-order chi connectivity index (χ1) is 14.0. The molecule has 1 N–H and O–H groups in total. The van der Waals surface area contributed by atoms with Gasteiger partial charge in [-0.2, -0.15) is 0 Å². The lowest BCUT2D eigenvalue weighted by Crippen LogP contribution is -2.47. The van der Waals surface area contributed by atoms with Crippen molar-refractivity contribution < 1.29 is 14.3 Å². The largest absolute Gasteiger partial charge is 0.494 e. The summed E-state index contributed by atoms with van der Waals surface area (Å²) in [4.78, 5) is 38.6. The molecule has 0 unspecified atom stereocenters. The molecule has 8 heteroatoms. The molecule has 1 aromatic carbocycles. The number of piperidine rings is 1. The third kappa shape index (κ3) is 5.69. The van der Waals surface area contributed by atoms with Crippen LogP contribution in [0.2, 0.25) is 0 Å². The molecular weight excluding hydrogens is 438 g/mol. The fourth-order valence-corrected chi connectivity index (χ4v) is 3.70. The normalized spacial score (nSPS) is 14.5. The first-order valence-electron chi connectivity index (χ1n) is 9.63. The van der Waals surface area contributed by atoms with Crippen LogP contribution < -0.4 is 15.6 Å². The highest BCUT2D eigenvalue weighted by Gasteiger charge is 2.24. The molecule has 1 aromatic heterocycles. The summed E-state index contributed by atoms with van der Waals surface area (Å²) in [5.41, 5.74) is 0.407. The Hall–Kier alpha value is -2.61. The highest BCUT2D eigenvalue weighted by molar-refractivity contribution is 9.10. The number of ether oxygens (including phenoxy) is 1. The number of carbonyl (C=O) groups excluding carboxylic acids is 2. The number of pyridine rings is 1. The third-order valence-electron chi connectivity index (χ3n) is 4.82. The van der Waals surface area contributed by atoms with Crippen LogP contribution >= 0.6 is 15.9 Å². The smallest absolute Gasteiger partial charge is 0.253 e. The number of hydrogen-bond donors (Lipinski definition) is 1. The minimum atomic E-state index is -0.223. The average molecular weight is 462 g/mol. The number of likely N-dealkylation sites (tertiary alicyclic amines) is 1. The molecule has 29 heavy (non-hydrogen) atoms. The van der Waals surface area contributed by atoms with Gasteiger partial charge in [0, 0.05) is 41.4 Å². The predicted octanol–water partition coefficient (Wildman–Crippen LogP) is 2.43. The van der Waals surface area contributed by atoms with Gasteiger partial charge in [-0.3, -0.25) is 14.4 Å². The van der Waals surface area contributed by atoms with Gasteiger partial charge in [0.25, 0.3) is 11.5 Å². The van der Waals surface area contributed by atoms with Crippen LogP contribution in [0.1, 0.15) is 30.1 Å². The molecule has 0 aliphatic carbocycles. The second-order valence-corrected chi connectivity index (χ2v) is 7.82. The Morgan fingerprint density at radius 3 is 2.48 bits per heavy atom. The first kappa shape index (κ1) is 21.1. The monoisotopic (exact) mass is 461 g/mol. The maximum atomic E-state index is 12.7. The highest BCUT2D eigenvalue weighted by atomic mass is 79.9. The van der Waals surface area contributed by atoms with E-state index in [9.17, 15) is 14.4 Å². The molecule has 1 aliphatic heterocycles. The zero-order valence-electron chi connectivity index (χ0n) is 16.3. The molecule has 0 atom stereocenters. The third-order valence-corrected chi connectivity index (χ3v) is 5.29. The van der Waals surface area contributed by atoms with Crippen LogP contribution in [-0.2, 0) is 11.3 Å². The molecule has 1 aliphatic rings. The zero-order valence-corrected chi connectivity index (χ0v) is 17.9. The minimum Gasteiger partial charge on any atom is -0.494 e. The summed E-state index contributed by atoms with van der Waals surface area (Å²) in [6, 6.07) is 10.2. The summed E-state index contributed by atoms with van der Waals surface area (Å²) in [5.74, 6) is 0.523. The molecule has 7 nitrogen and oxygen atoms in total.